The maximum atomic E-state index is 5.39. The summed E-state index contributed by atoms with van der Waals surface area (Å²) in [4.78, 5) is 0. The molecule has 13 heavy (non-hydrogen) atoms. The smallest absolute Gasteiger partial charge is 0.0510 e. The molecule has 2 heteroatoms. The number of ether oxygens (including phenoxy) is 1. The fourth-order valence-electron chi connectivity index (χ4n) is 1.82. The van der Waals surface area contributed by atoms with Crippen LogP contribution in [-0.4, -0.2) is 25.8 Å². The van der Waals surface area contributed by atoms with Crippen LogP contribution in [-0.2, 0) is 4.74 Å². The van der Waals surface area contributed by atoms with Gasteiger partial charge in [0, 0.05) is 18.6 Å². The minimum Gasteiger partial charge on any atom is -0.381 e. The normalized spacial score (nSPS) is 24.5. The van der Waals surface area contributed by atoms with Crippen LogP contribution in [0.5, 0.6) is 0 Å². The number of hydrogen-bond donors (Lipinski definition) is 1. The molecule has 0 amide bonds. The van der Waals surface area contributed by atoms with E-state index in [1.807, 2.05) is 6.08 Å². The zero-order valence-corrected chi connectivity index (χ0v) is 8.59. The van der Waals surface area contributed by atoms with Crippen molar-refractivity contribution in [3.8, 4) is 0 Å². The van der Waals surface area contributed by atoms with E-state index in [2.05, 4.69) is 18.8 Å². The van der Waals surface area contributed by atoms with E-state index in [0.29, 0.717) is 12.0 Å². The third-order valence-corrected chi connectivity index (χ3v) is 2.61. The highest BCUT2D eigenvalue weighted by molar-refractivity contribution is 4.85. The highest BCUT2D eigenvalue weighted by atomic mass is 16.5. The number of hydrogen-bond acceptors (Lipinski definition) is 2. The average Bonchev–Trinajstić information content (AvgIpc) is 2.65. The summed E-state index contributed by atoms with van der Waals surface area (Å²) in [6.45, 7) is 8.97. The standard InChI is InChI=1S/C11H21NO/c1-3-5-11(12-7-4-2)10-6-8-13-9-10/h3,10-12H,1,4-9H2,2H3. The van der Waals surface area contributed by atoms with E-state index in [1.54, 1.807) is 0 Å². The lowest BCUT2D eigenvalue weighted by atomic mass is 9.96. The molecule has 1 N–H and O–H groups in total. The van der Waals surface area contributed by atoms with Gasteiger partial charge in [-0.1, -0.05) is 13.0 Å². The van der Waals surface area contributed by atoms with Gasteiger partial charge in [-0.2, -0.15) is 0 Å². The Hall–Kier alpha value is -0.340. The van der Waals surface area contributed by atoms with Gasteiger partial charge in [-0.3, -0.25) is 0 Å². The summed E-state index contributed by atoms with van der Waals surface area (Å²) in [5.74, 6) is 0.699. The van der Waals surface area contributed by atoms with E-state index < -0.39 is 0 Å². The molecule has 0 bridgehead atoms. The molecule has 0 radical (unpaired) electrons. The fourth-order valence-corrected chi connectivity index (χ4v) is 1.82. The maximum absolute atomic E-state index is 5.39. The average molecular weight is 183 g/mol. The Balaban J connectivity index is 2.30. The van der Waals surface area contributed by atoms with Gasteiger partial charge in [-0.15, -0.1) is 6.58 Å². The van der Waals surface area contributed by atoms with E-state index in [-0.39, 0.29) is 0 Å². The van der Waals surface area contributed by atoms with Gasteiger partial charge in [0.2, 0.25) is 0 Å². The zero-order valence-electron chi connectivity index (χ0n) is 8.59. The Morgan fingerprint density at radius 3 is 3.08 bits per heavy atom. The van der Waals surface area contributed by atoms with Crippen molar-refractivity contribution < 1.29 is 4.74 Å². The van der Waals surface area contributed by atoms with Crippen molar-refractivity contribution in [2.75, 3.05) is 19.8 Å². The Morgan fingerprint density at radius 1 is 1.69 bits per heavy atom. The lowest BCUT2D eigenvalue weighted by Gasteiger charge is -2.22. The quantitative estimate of drug-likeness (QED) is 0.636. The van der Waals surface area contributed by atoms with Crippen LogP contribution in [0.3, 0.4) is 0 Å². The fraction of sp³-hybridized carbons (Fsp3) is 0.818. The van der Waals surface area contributed by atoms with Crippen molar-refractivity contribution in [1.82, 2.24) is 5.32 Å². The first-order chi connectivity index (χ1) is 6.38. The van der Waals surface area contributed by atoms with Gasteiger partial charge >= 0.3 is 0 Å². The Kier molecular flexibility index (Phi) is 5.09. The first-order valence-corrected chi connectivity index (χ1v) is 5.30. The van der Waals surface area contributed by atoms with Gasteiger partial charge in [0.1, 0.15) is 0 Å². The summed E-state index contributed by atoms with van der Waals surface area (Å²) in [5.41, 5.74) is 0. The molecular weight excluding hydrogens is 162 g/mol. The lowest BCUT2D eigenvalue weighted by molar-refractivity contribution is 0.176. The summed E-state index contributed by atoms with van der Waals surface area (Å²) >= 11 is 0. The van der Waals surface area contributed by atoms with Crippen molar-refractivity contribution in [2.24, 2.45) is 5.92 Å². The van der Waals surface area contributed by atoms with Crippen molar-refractivity contribution >= 4 is 0 Å². The van der Waals surface area contributed by atoms with Gasteiger partial charge < -0.3 is 10.1 Å². The van der Waals surface area contributed by atoms with Gasteiger partial charge in [-0.25, -0.2) is 0 Å². The van der Waals surface area contributed by atoms with Gasteiger partial charge in [-0.05, 0) is 25.8 Å². The number of rotatable bonds is 6. The van der Waals surface area contributed by atoms with Crippen LogP contribution in [0.1, 0.15) is 26.2 Å². The molecule has 1 aliphatic rings. The molecule has 0 saturated carbocycles. The third kappa shape index (κ3) is 3.49. The van der Waals surface area contributed by atoms with E-state index in [0.717, 1.165) is 26.2 Å². The van der Waals surface area contributed by atoms with Crippen LogP contribution in [0.15, 0.2) is 12.7 Å². The van der Waals surface area contributed by atoms with Crippen molar-refractivity contribution in [3.63, 3.8) is 0 Å². The maximum Gasteiger partial charge on any atom is 0.0510 e. The zero-order chi connectivity index (χ0) is 9.52. The van der Waals surface area contributed by atoms with E-state index in [1.165, 1.54) is 12.8 Å². The third-order valence-electron chi connectivity index (χ3n) is 2.61. The summed E-state index contributed by atoms with van der Waals surface area (Å²) in [7, 11) is 0. The molecule has 1 saturated heterocycles. The molecule has 1 heterocycles. The topological polar surface area (TPSA) is 21.3 Å². The molecule has 2 atom stereocenters. The van der Waals surface area contributed by atoms with Crippen LogP contribution < -0.4 is 5.32 Å². The second-order valence-electron chi connectivity index (χ2n) is 3.71. The van der Waals surface area contributed by atoms with Crippen molar-refractivity contribution in [3.05, 3.63) is 12.7 Å². The monoisotopic (exact) mass is 183 g/mol. The molecule has 0 aliphatic carbocycles. The Labute approximate surface area is 81.4 Å². The molecule has 2 unspecified atom stereocenters. The van der Waals surface area contributed by atoms with Gasteiger partial charge in [0.25, 0.3) is 0 Å². The van der Waals surface area contributed by atoms with Crippen LogP contribution in [0.4, 0.5) is 0 Å². The molecule has 0 aromatic carbocycles. The van der Waals surface area contributed by atoms with Crippen LogP contribution in [0.25, 0.3) is 0 Å². The first kappa shape index (κ1) is 10.7. The predicted molar refractivity (Wildman–Crippen MR) is 55.8 cm³/mol. The van der Waals surface area contributed by atoms with Crippen molar-refractivity contribution in [2.45, 2.75) is 32.2 Å². The molecule has 0 aromatic heterocycles. The molecule has 1 aliphatic heterocycles. The molecular formula is C11H21NO. The van der Waals surface area contributed by atoms with Crippen molar-refractivity contribution in [1.29, 1.82) is 0 Å². The molecule has 0 spiro atoms. The van der Waals surface area contributed by atoms with Gasteiger partial charge in [0.15, 0.2) is 0 Å². The van der Waals surface area contributed by atoms with Crippen LogP contribution >= 0.6 is 0 Å². The molecule has 1 rings (SSSR count). The predicted octanol–water partition coefficient (Wildman–Crippen LogP) is 1.97. The number of nitrogens with one attached hydrogen (secondary N) is 1. The van der Waals surface area contributed by atoms with E-state index >= 15 is 0 Å². The van der Waals surface area contributed by atoms with Crippen LogP contribution in [0, 0.1) is 5.92 Å². The minimum absolute atomic E-state index is 0.583. The second-order valence-corrected chi connectivity index (χ2v) is 3.71. The van der Waals surface area contributed by atoms with E-state index in [4.69, 9.17) is 4.74 Å². The highest BCUT2D eigenvalue weighted by Gasteiger charge is 2.23. The molecule has 1 fully saturated rings. The summed E-state index contributed by atoms with van der Waals surface area (Å²) in [6, 6.07) is 0.583. The second kappa shape index (κ2) is 6.17. The summed E-state index contributed by atoms with van der Waals surface area (Å²) in [6.07, 6.45) is 5.47. The summed E-state index contributed by atoms with van der Waals surface area (Å²) < 4.78 is 5.39. The highest BCUT2D eigenvalue weighted by Crippen LogP contribution is 2.19. The summed E-state index contributed by atoms with van der Waals surface area (Å²) in [5, 5.41) is 3.56. The lowest BCUT2D eigenvalue weighted by Crippen LogP contribution is -2.36. The molecule has 2 nitrogen and oxygen atoms in total. The Bertz CT molecular complexity index is 141. The largest absolute Gasteiger partial charge is 0.381 e. The van der Waals surface area contributed by atoms with Crippen LogP contribution in [0.2, 0.25) is 0 Å². The Morgan fingerprint density at radius 2 is 2.54 bits per heavy atom. The van der Waals surface area contributed by atoms with Gasteiger partial charge in [0.05, 0.1) is 6.61 Å². The molecule has 0 aromatic rings. The van der Waals surface area contributed by atoms with E-state index in [9.17, 15) is 0 Å². The molecule has 76 valence electrons. The minimum atomic E-state index is 0.583. The first-order valence-electron chi connectivity index (χ1n) is 5.30. The SMILES string of the molecule is C=CCC(NCCC)C1CCOC1.